The number of hydrogen-bond acceptors (Lipinski definition) is 0. The van der Waals surface area contributed by atoms with Crippen LogP contribution in [-0.2, 0) is 0 Å². The van der Waals surface area contributed by atoms with Crippen LogP contribution in [0.25, 0.3) is 0 Å². The van der Waals surface area contributed by atoms with Gasteiger partial charge in [0.05, 0.1) is 0 Å². The Balaban J connectivity index is 2.02. The molecule has 3 aliphatic carbocycles. The Labute approximate surface area is 93.5 Å². The maximum Gasteiger partial charge on any atom is -0.00658 e. The number of hydrogen-bond donors (Lipinski definition) is 0. The highest BCUT2D eigenvalue weighted by atomic mass is 14.7. The van der Waals surface area contributed by atoms with Crippen LogP contribution in [0.1, 0.15) is 40.5 Å². The standard InChI is InChI=1S/C15H22/c1-9-6-8-12-14(15(12,3)4)13-10(2)5-7-11(9)13/h5,7,10,12-14H,6,8H2,1-4H3/t10-,12+,13+,14+/m0/s1. The Hall–Kier alpha value is -0.520. The summed E-state index contributed by atoms with van der Waals surface area (Å²) in [5, 5.41) is 0. The average molecular weight is 202 g/mol. The molecule has 0 unspecified atom stereocenters. The molecule has 1 saturated carbocycles. The Kier molecular flexibility index (Phi) is 1.80. The van der Waals surface area contributed by atoms with Gasteiger partial charge in [0, 0.05) is 0 Å². The highest BCUT2D eigenvalue weighted by Gasteiger charge is 2.62. The van der Waals surface area contributed by atoms with E-state index in [4.69, 9.17) is 0 Å². The first-order valence-electron chi connectivity index (χ1n) is 6.41. The Bertz CT molecular complexity index is 356. The van der Waals surface area contributed by atoms with Gasteiger partial charge in [-0.25, -0.2) is 0 Å². The Morgan fingerprint density at radius 2 is 2.07 bits per heavy atom. The zero-order chi connectivity index (χ0) is 10.8. The van der Waals surface area contributed by atoms with Crippen molar-refractivity contribution >= 4 is 0 Å². The molecule has 3 aliphatic rings. The van der Waals surface area contributed by atoms with E-state index in [1.807, 2.05) is 0 Å². The van der Waals surface area contributed by atoms with Crippen molar-refractivity contribution < 1.29 is 0 Å². The van der Waals surface area contributed by atoms with E-state index < -0.39 is 0 Å². The van der Waals surface area contributed by atoms with Gasteiger partial charge in [0.25, 0.3) is 0 Å². The van der Waals surface area contributed by atoms with Crippen LogP contribution >= 0.6 is 0 Å². The van der Waals surface area contributed by atoms with Crippen molar-refractivity contribution in [3.05, 3.63) is 23.3 Å². The van der Waals surface area contributed by atoms with E-state index in [1.165, 1.54) is 12.8 Å². The molecule has 0 aromatic carbocycles. The fourth-order valence-corrected chi connectivity index (χ4v) is 4.28. The van der Waals surface area contributed by atoms with Crippen molar-refractivity contribution in [2.75, 3.05) is 0 Å². The highest BCUT2D eigenvalue weighted by Crippen LogP contribution is 2.68. The Morgan fingerprint density at radius 3 is 2.80 bits per heavy atom. The van der Waals surface area contributed by atoms with Gasteiger partial charge in [-0.1, -0.05) is 38.5 Å². The van der Waals surface area contributed by atoms with E-state index in [2.05, 4.69) is 39.8 Å². The van der Waals surface area contributed by atoms with E-state index in [-0.39, 0.29) is 0 Å². The first kappa shape index (κ1) is 9.69. The van der Waals surface area contributed by atoms with Gasteiger partial charge in [0.2, 0.25) is 0 Å². The molecule has 0 nitrogen and oxygen atoms in total. The third-order valence-corrected chi connectivity index (χ3v) is 5.35. The molecule has 0 heteroatoms. The molecule has 0 radical (unpaired) electrons. The molecule has 82 valence electrons. The van der Waals surface area contributed by atoms with Crippen molar-refractivity contribution in [2.45, 2.75) is 40.5 Å². The summed E-state index contributed by atoms with van der Waals surface area (Å²) < 4.78 is 0. The first-order valence-corrected chi connectivity index (χ1v) is 6.41. The minimum absolute atomic E-state index is 0.622. The van der Waals surface area contributed by atoms with Crippen LogP contribution in [0.3, 0.4) is 0 Å². The van der Waals surface area contributed by atoms with E-state index in [9.17, 15) is 0 Å². The number of fused-ring (bicyclic) bond motifs is 3. The topological polar surface area (TPSA) is 0 Å². The van der Waals surface area contributed by atoms with Crippen LogP contribution in [-0.4, -0.2) is 0 Å². The summed E-state index contributed by atoms with van der Waals surface area (Å²) in [6.07, 6.45) is 7.62. The van der Waals surface area contributed by atoms with E-state index in [0.717, 1.165) is 23.7 Å². The molecule has 0 aromatic rings. The van der Waals surface area contributed by atoms with Gasteiger partial charge in [0.1, 0.15) is 0 Å². The largest absolute Gasteiger partial charge is 0.0808 e. The molecule has 4 atom stereocenters. The summed E-state index contributed by atoms with van der Waals surface area (Å²) in [6, 6.07) is 0. The summed E-state index contributed by atoms with van der Waals surface area (Å²) >= 11 is 0. The second-order valence-corrected chi connectivity index (χ2v) is 6.47. The lowest BCUT2D eigenvalue weighted by molar-refractivity contribution is 0.390. The van der Waals surface area contributed by atoms with Crippen LogP contribution in [0.5, 0.6) is 0 Å². The zero-order valence-corrected chi connectivity index (χ0v) is 10.4. The Morgan fingerprint density at radius 1 is 1.33 bits per heavy atom. The monoisotopic (exact) mass is 202 g/mol. The fraction of sp³-hybridized carbons (Fsp3) is 0.733. The smallest absolute Gasteiger partial charge is 0.00658 e. The number of rotatable bonds is 0. The van der Waals surface area contributed by atoms with Gasteiger partial charge in [-0.2, -0.15) is 0 Å². The molecular weight excluding hydrogens is 180 g/mol. The van der Waals surface area contributed by atoms with Crippen molar-refractivity contribution in [3.63, 3.8) is 0 Å². The second-order valence-electron chi connectivity index (χ2n) is 6.47. The van der Waals surface area contributed by atoms with Crippen LogP contribution in [0.2, 0.25) is 0 Å². The number of allylic oxidation sites excluding steroid dienone is 4. The molecule has 3 rings (SSSR count). The predicted molar refractivity (Wildman–Crippen MR) is 64.5 cm³/mol. The minimum Gasteiger partial charge on any atom is -0.0808 e. The molecule has 0 amide bonds. The maximum atomic E-state index is 2.48. The third-order valence-electron chi connectivity index (χ3n) is 5.35. The van der Waals surface area contributed by atoms with Crippen molar-refractivity contribution in [1.29, 1.82) is 0 Å². The predicted octanol–water partition coefficient (Wildman–Crippen LogP) is 4.19. The molecule has 0 heterocycles. The summed E-state index contributed by atoms with van der Waals surface area (Å²) in [6.45, 7) is 9.71. The van der Waals surface area contributed by atoms with Crippen molar-refractivity contribution in [1.82, 2.24) is 0 Å². The van der Waals surface area contributed by atoms with Crippen LogP contribution in [0.4, 0.5) is 0 Å². The van der Waals surface area contributed by atoms with E-state index >= 15 is 0 Å². The molecule has 0 aliphatic heterocycles. The lowest BCUT2D eigenvalue weighted by atomic mass is 9.84. The molecular formula is C15H22. The lowest BCUT2D eigenvalue weighted by Crippen LogP contribution is -2.13. The summed E-state index contributed by atoms with van der Waals surface area (Å²) in [5.41, 5.74) is 3.99. The highest BCUT2D eigenvalue weighted by molar-refractivity contribution is 5.39. The van der Waals surface area contributed by atoms with Gasteiger partial charge in [-0.15, -0.1) is 0 Å². The first-order chi connectivity index (χ1) is 7.03. The molecule has 0 saturated heterocycles. The van der Waals surface area contributed by atoms with Crippen LogP contribution in [0, 0.1) is 29.1 Å². The lowest BCUT2D eigenvalue weighted by Gasteiger charge is -2.20. The molecule has 0 N–H and O–H groups in total. The van der Waals surface area contributed by atoms with E-state index in [1.54, 1.807) is 11.1 Å². The molecule has 0 aromatic heterocycles. The van der Waals surface area contributed by atoms with Crippen LogP contribution in [0.15, 0.2) is 23.3 Å². The fourth-order valence-electron chi connectivity index (χ4n) is 4.28. The summed E-state index contributed by atoms with van der Waals surface area (Å²) in [5.74, 6) is 3.60. The van der Waals surface area contributed by atoms with Gasteiger partial charge in [-0.05, 0) is 54.4 Å². The molecule has 1 fully saturated rings. The third kappa shape index (κ3) is 1.14. The minimum atomic E-state index is 0.622. The van der Waals surface area contributed by atoms with Crippen molar-refractivity contribution in [2.24, 2.45) is 29.1 Å². The molecule has 0 bridgehead atoms. The normalized spacial score (nSPS) is 46.1. The summed E-state index contributed by atoms with van der Waals surface area (Å²) in [7, 11) is 0. The quantitative estimate of drug-likeness (QED) is 0.552. The second kappa shape index (κ2) is 2.78. The van der Waals surface area contributed by atoms with Crippen molar-refractivity contribution in [3.8, 4) is 0 Å². The van der Waals surface area contributed by atoms with E-state index in [0.29, 0.717) is 5.41 Å². The van der Waals surface area contributed by atoms with Gasteiger partial charge in [0.15, 0.2) is 0 Å². The molecule has 0 spiro atoms. The SMILES string of the molecule is CC1=C2C=C[C@H](C)[C@H]2[C@H]2[C@@H](CC1)C2(C)C. The van der Waals surface area contributed by atoms with Gasteiger partial charge >= 0.3 is 0 Å². The summed E-state index contributed by atoms with van der Waals surface area (Å²) in [4.78, 5) is 0. The zero-order valence-electron chi connectivity index (χ0n) is 10.4. The maximum absolute atomic E-state index is 2.48. The van der Waals surface area contributed by atoms with Gasteiger partial charge < -0.3 is 0 Å². The van der Waals surface area contributed by atoms with Gasteiger partial charge in [-0.3, -0.25) is 0 Å². The average Bonchev–Trinajstić information content (AvgIpc) is 2.55. The van der Waals surface area contributed by atoms with Crippen LogP contribution < -0.4 is 0 Å². The molecule has 15 heavy (non-hydrogen) atoms.